The van der Waals surface area contributed by atoms with Gasteiger partial charge in [-0.1, -0.05) is 17.8 Å². The van der Waals surface area contributed by atoms with E-state index in [1.165, 1.54) is 23.1 Å². The Kier molecular flexibility index (Phi) is 5.49. The molecule has 10 heteroatoms. The predicted octanol–water partition coefficient (Wildman–Crippen LogP) is 2.31. The summed E-state index contributed by atoms with van der Waals surface area (Å²) in [6.07, 6.45) is 0.502. The number of thioether (sulfide) groups is 1. The molecule has 1 aliphatic rings. The van der Waals surface area contributed by atoms with E-state index in [4.69, 9.17) is 4.42 Å². The third kappa shape index (κ3) is 4.24. The Balaban J connectivity index is 1.65. The fraction of sp³-hybridized carbons (Fsp3) is 0.533. The Morgan fingerprint density at radius 2 is 2.32 bits per heavy atom. The van der Waals surface area contributed by atoms with E-state index in [1.807, 2.05) is 24.4 Å². The molecule has 0 radical (unpaired) electrons. The molecule has 1 aliphatic heterocycles. The van der Waals surface area contributed by atoms with E-state index in [9.17, 15) is 13.2 Å². The zero-order chi connectivity index (χ0) is 18.0. The number of hydrogen-bond donors (Lipinski definition) is 0. The molecule has 0 aliphatic carbocycles. The molecule has 0 saturated carbocycles. The molecule has 3 heterocycles. The maximum absolute atomic E-state index is 12.7. The number of amides is 1. The van der Waals surface area contributed by atoms with Crippen LogP contribution in [0.3, 0.4) is 0 Å². The molecular weight excluding hydrogens is 382 g/mol. The Morgan fingerprint density at radius 3 is 2.92 bits per heavy atom. The van der Waals surface area contributed by atoms with Crippen molar-refractivity contribution in [1.82, 2.24) is 15.1 Å². The van der Waals surface area contributed by atoms with Gasteiger partial charge in [0.25, 0.3) is 11.1 Å². The molecule has 25 heavy (non-hydrogen) atoms. The van der Waals surface area contributed by atoms with E-state index in [1.54, 1.807) is 11.8 Å². The maximum Gasteiger partial charge on any atom is 0.277 e. The van der Waals surface area contributed by atoms with Gasteiger partial charge in [0.15, 0.2) is 9.84 Å². The highest BCUT2D eigenvalue weighted by molar-refractivity contribution is 8.00. The number of nitrogens with zero attached hydrogens (tertiary/aromatic N) is 3. The molecule has 2 aromatic rings. The quantitative estimate of drug-likeness (QED) is 0.686. The molecule has 0 bridgehead atoms. The van der Waals surface area contributed by atoms with Crippen molar-refractivity contribution in [2.75, 3.05) is 18.1 Å². The normalized spacial score (nSPS) is 20.5. The summed E-state index contributed by atoms with van der Waals surface area (Å²) in [5, 5.41) is 9.81. The van der Waals surface area contributed by atoms with Crippen LogP contribution in [0.25, 0.3) is 10.8 Å². The summed E-state index contributed by atoms with van der Waals surface area (Å²) < 4.78 is 29.0. The minimum atomic E-state index is -3.03. The lowest BCUT2D eigenvalue weighted by Crippen LogP contribution is -2.44. The van der Waals surface area contributed by atoms with E-state index in [2.05, 4.69) is 10.2 Å². The average molecular weight is 402 g/mol. The Hall–Kier alpha value is -1.39. The number of carbonyl (C=O) groups is 1. The minimum Gasteiger partial charge on any atom is -0.410 e. The second-order valence-corrected chi connectivity index (χ2v) is 10.3. The van der Waals surface area contributed by atoms with Crippen LogP contribution in [0.5, 0.6) is 0 Å². The summed E-state index contributed by atoms with van der Waals surface area (Å²) in [5.74, 6) is 0.529. The zero-order valence-electron chi connectivity index (χ0n) is 13.9. The summed E-state index contributed by atoms with van der Waals surface area (Å²) in [6, 6.07) is 3.55. The van der Waals surface area contributed by atoms with Crippen LogP contribution in [-0.4, -0.2) is 58.8 Å². The maximum atomic E-state index is 12.7. The van der Waals surface area contributed by atoms with E-state index >= 15 is 0 Å². The van der Waals surface area contributed by atoms with Crippen molar-refractivity contribution < 1.29 is 17.6 Å². The fourth-order valence-electron chi connectivity index (χ4n) is 2.81. The number of sulfone groups is 1. The van der Waals surface area contributed by atoms with Crippen LogP contribution in [0, 0.1) is 0 Å². The lowest BCUT2D eigenvalue weighted by Gasteiger charge is -2.28. The summed E-state index contributed by atoms with van der Waals surface area (Å²) >= 11 is 2.70. The number of rotatable bonds is 6. The summed E-state index contributed by atoms with van der Waals surface area (Å²) in [6.45, 7) is 4.12. The first-order chi connectivity index (χ1) is 11.9. The molecule has 1 fully saturated rings. The van der Waals surface area contributed by atoms with Gasteiger partial charge in [0, 0.05) is 12.6 Å². The van der Waals surface area contributed by atoms with Crippen molar-refractivity contribution in [2.24, 2.45) is 0 Å². The molecule has 1 saturated heterocycles. The highest BCUT2D eigenvalue weighted by Crippen LogP contribution is 2.30. The van der Waals surface area contributed by atoms with Gasteiger partial charge in [-0.2, -0.15) is 0 Å². The van der Waals surface area contributed by atoms with E-state index < -0.39 is 15.1 Å². The molecule has 7 nitrogen and oxygen atoms in total. The van der Waals surface area contributed by atoms with Gasteiger partial charge in [-0.3, -0.25) is 4.79 Å². The zero-order valence-corrected chi connectivity index (χ0v) is 16.4. The first kappa shape index (κ1) is 18.4. The Bertz CT molecular complexity index is 832. The number of carbonyl (C=O) groups excluding carboxylic acids is 1. The van der Waals surface area contributed by atoms with Crippen molar-refractivity contribution in [3.63, 3.8) is 0 Å². The van der Waals surface area contributed by atoms with Crippen LogP contribution in [0.2, 0.25) is 0 Å². The van der Waals surface area contributed by atoms with Crippen LogP contribution in [-0.2, 0) is 14.6 Å². The van der Waals surface area contributed by atoms with Gasteiger partial charge in [-0.05, 0) is 31.7 Å². The third-order valence-electron chi connectivity index (χ3n) is 4.04. The van der Waals surface area contributed by atoms with E-state index in [0.717, 1.165) is 4.88 Å². The lowest BCUT2D eigenvalue weighted by molar-refractivity contribution is -0.131. The molecule has 1 amide bonds. The molecule has 0 spiro atoms. The van der Waals surface area contributed by atoms with Crippen molar-refractivity contribution in [1.29, 1.82) is 0 Å². The Morgan fingerprint density at radius 1 is 1.52 bits per heavy atom. The number of aromatic nitrogens is 2. The monoisotopic (exact) mass is 401 g/mol. The minimum absolute atomic E-state index is 0.0487. The van der Waals surface area contributed by atoms with Gasteiger partial charge in [0.05, 0.1) is 21.6 Å². The second-order valence-electron chi connectivity index (χ2n) is 5.79. The van der Waals surface area contributed by atoms with Crippen LogP contribution >= 0.6 is 23.1 Å². The summed E-state index contributed by atoms with van der Waals surface area (Å²) in [5.41, 5.74) is 0. The topological polar surface area (TPSA) is 93.4 Å². The molecule has 136 valence electrons. The van der Waals surface area contributed by atoms with Gasteiger partial charge < -0.3 is 9.32 Å². The summed E-state index contributed by atoms with van der Waals surface area (Å²) in [7, 11) is -3.03. The van der Waals surface area contributed by atoms with E-state index in [0.29, 0.717) is 24.1 Å². The largest absolute Gasteiger partial charge is 0.410 e. The fourth-order valence-corrected chi connectivity index (χ4v) is 5.94. The number of hydrogen-bond acceptors (Lipinski definition) is 8. The van der Waals surface area contributed by atoms with E-state index in [-0.39, 0.29) is 23.5 Å². The summed E-state index contributed by atoms with van der Waals surface area (Å²) in [4.78, 5) is 15.3. The van der Waals surface area contributed by atoms with Gasteiger partial charge in [-0.25, -0.2) is 8.42 Å². The third-order valence-corrected chi connectivity index (χ3v) is 7.57. The molecule has 0 N–H and O–H groups in total. The molecule has 2 atom stereocenters. The smallest absolute Gasteiger partial charge is 0.277 e. The lowest BCUT2D eigenvalue weighted by atomic mass is 10.2. The Labute approximate surface area is 154 Å². The van der Waals surface area contributed by atoms with Gasteiger partial charge in [-0.15, -0.1) is 21.5 Å². The van der Waals surface area contributed by atoms with Gasteiger partial charge in [0.2, 0.25) is 5.91 Å². The first-order valence-electron chi connectivity index (χ1n) is 7.94. The first-order valence-corrected chi connectivity index (χ1v) is 11.5. The van der Waals surface area contributed by atoms with Crippen LogP contribution in [0.4, 0.5) is 0 Å². The van der Waals surface area contributed by atoms with Gasteiger partial charge in [0.1, 0.15) is 0 Å². The molecule has 0 aromatic carbocycles. The highest BCUT2D eigenvalue weighted by atomic mass is 32.2. The van der Waals surface area contributed by atoms with Crippen LogP contribution < -0.4 is 0 Å². The van der Waals surface area contributed by atoms with Gasteiger partial charge >= 0.3 is 0 Å². The van der Waals surface area contributed by atoms with Crippen molar-refractivity contribution in [3.8, 4) is 10.8 Å². The molecule has 2 aromatic heterocycles. The highest BCUT2D eigenvalue weighted by Gasteiger charge is 2.35. The van der Waals surface area contributed by atoms with Crippen molar-refractivity contribution in [2.45, 2.75) is 36.8 Å². The molecule has 0 unspecified atom stereocenters. The van der Waals surface area contributed by atoms with Crippen molar-refractivity contribution in [3.05, 3.63) is 17.5 Å². The van der Waals surface area contributed by atoms with Crippen LogP contribution in [0.1, 0.15) is 20.3 Å². The van der Waals surface area contributed by atoms with Crippen LogP contribution in [0.15, 0.2) is 27.2 Å². The SMILES string of the molecule is CCN(C(=O)[C@H](C)Sc1nnc(-c2cccs2)o1)[C@@H]1CCS(=O)(=O)C1. The predicted molar refractivity (Wildman–Crippen MR) is 97.4 cm³/mol. The molecular formula is C15H19N3O4S3. The standard InChI is InChI=1S/C15H19N3O4S3/c1-3-18(11-6-8-25(20,21)9-11)14(19)10(2)24-15-17-16-13(22-15)12-5-4-7-23-12/h4-5,7,10-11H,3,6,8-9H2,1-2H3/t10-,11+/m0/s1. The average Bonchev–Trinajstić information content (AvgIpc) is 3.28. The van der Waals surface area contributed by atoms with Crippen molar-refractivity contribution >= 4 is 38.8 Å². The second kappa shape index (κ2) is 7.46. The number of thiophene rings is 1. The molecule has 3 rings (SSSR count).